The second kappa shape index (κ2) is 8.71. The molecule has 2 N–H and O–H groups in total. The molecule has 0 aliphatic carbocycles. The van der Waals surface area contributed by atoms with E-state index in [1.54, 1.807) is 4.90 Å². The zero-order chi connectivity index (χ0) is 24.9. The molecule has 0 bridgehead atoms. The number of aromatic nitrogens is 2. The molecule has 0 spiro atoms. The Bertz CT molecular complexity index is 1400. The van der Waals surface area contributed by atoms with E-state index < -0.39 is 21.9 Å². The Morgan fingerprint density at radius 3 is 2.60 bits per heavy atom. The number of fused-ring (bicyclic) bond motifs is 1. The predicted molar refractivity (Wildman–Crippen MR) is 132 cm³/mol. The fraction of sp³-hybridized carbons (Fsp3) is 0.385. The summed E-state index contributed by atoms with van der Waals surface area (Å²) in [6.45, 7) is 6.41. The number of aromatic hydroxyl groups is 1. The number of carbonyl (C=O) groups excluding carboxylic acids is 1. The number of phenols is 1. The lowest BCUT2D eigenvalue weighted by Crippen LogP contribution is -2.40. The van der Waals surface area contributed by atoms with Crippen LogP contribution in [0.15, 0.2) is 36.4 Å². The van der Waals surface area contributed by atoms with Gasteiger partial charge in [-0.05, 0) is 61.6 Å². The third-order valence-electron chi connectivity index (χ3n) is 6.77. The Labute approximate surface area is 204 Å². The van der Waals surface area contributed by atoms with Crippen LogP contribution in [0.1, 0.15) is 58.5 Å². The molecule has 2 atom stereocenters. The maximum Gasteiger partial charge on any atom is 0.273 e. The van der Waals surface area contributed by atoms with E-state index in [1.165, 1.54) is 0 Å². The zero-order valence-electron chi connectivity index (χ0n) is 20.0. The van der Waals surface area contributed by atoms with Crippen molar-refractivity contribution in [2.45, 2.75) is 45.7 Å². The second-order valence-corrected chi connectivity index (χ2v) is 11.7. The van der Waals surface area contributed by atoms with Crippen molar-refractivity contribution in [1.29, 1.82) is 0 Å². The van der Waals surface area contributed by atoms with Crippen LogP contribution in [0.5, 0.6) is 11.5 Å². The topological polar surface area (TPSA) is 113 Å². The number of ether oxygens (including phenoxy) is 1. The molecule has 2 aliphatic rings. The fourth-order valence-corrected chi connectivity index (χ4v) is 6.89. The van der Waals surface area contributed by atoms with Gasteiger partial charge in [0.25, 0.3) is 5.91 Å². The normalized spacial score (nSPS) is 20.9. The quantitative estimate of drug-likeness (QED) is 0.536. The molecule has 3 aromatic rings. The van der Waals surface area contributed by atoms with Crippen molar-refractivity contribution in [3.8, 4) is 22.8 Å². The summed E-state index contributed by atoms with van der Waals surface area (Å²) in [5.41, 5.74) is 4.54. The molecule has 5 rings (SSSR count). The molecule has 1 amide bonds. The molecule has 8 nitrogen and oxygen atoms in total. The Morgan fingerprint density at radius 2 is 1.94 bits per heavy atom. The zero-order valence-corrected chi connectivity index (χ0v) is 20.9. The highest BCUT2D eigenvalue weighted by molar-refractivity contribution is 7.91. The molecule has 0 saturated carbocycles. The summed E-state index contributed by atoms with van der Waals surface area (Å²) in [6.07, 6.45) is 1.29. The van der Waals surface area contributed by atoms with Gasteiger partial charge in [0.2, 0.25) is 0 Å². The van der Waals surface area contributed by atoms with Gasteiger partial charge in [0.15, 0.2) is 9.84 Å². The summed E-state index contributed by atoms with van der Waals surface area (Å²) < 4.78 is 30.3. The minimum absolute atomic E-state index is 0.0607. The maximum atomic E-state index is 13.6. The van der Waals surface area contributed by atoms with Crippen LogP contribution in [0, 0.1) is 13.8 Å². The van der Waals surface area contributed by atoms with Crippen molar-refractivity contribution in [2.75, 3.05) is 18.1 Å². The van der Waals surface area contributed by atoms with E-state index in [1.807, 2.05) is 57.2 Å². The third kappa shape index (κ3) is 4.07. The molecule has 2 aliphatic heterocycles. The summed E-state index contributed by atoms with van der Waals surface area (Å²) in [4.78, 5) is 15.3. The minimum Gasteiger partial charge on any atom is -0.507 e. The maximum absolute atomic E-state index is 13.6. The number of nitrogens with zero attached hydrogens (tertiary/aromatic N) is 2. The molecule has 2 unspecified atom stereocenters. The Morgan fingerprint density at radius 1 is 1.20 bits per heavy atom. The van der Waals surface area contributed by atoms with E-state index in [4.69, 9.17) is 4.74 Å². The lowest BCUT2D eigenvalue weighted by Gasteiger charge is -2.31. The summed E-state index contributed by atoms with van der Waals surface area (Å²) in [5.74, 6) is 0.570. The largest absolute Gasteiger partial charge is 0.507 e. The van der Waals surface area contributed by atoms with E-state index in [9.17, 15) is 18.3 Å². The van der Waals surface area contributed by atoms with Crippen LogP contribution in [0.25, 0.3) is 11.3 Å². The molecule has 1 saturated heterocycles. The summed E-state index contributed by atoms with van der Waals surface area (Å²) in [5, 5.41) is 18.2. The lowest BCUT2D eigenvalue weighted by atomic mass is 9.93. The summed E-state index contributed by atoms with van der Waals surface area (Å²) in [6, 6.07) is 10.3. The van der Waals surface area contributed by atoms with Gasteiger partial charge in [0, 0.05) is 17.2 Å². The number of aryl methyl sites for hydroxylation is 2. The van der Waals surface area contributed by atoms with Gasteiger partial charge in [-0.2, -0.15) is 5.10 Å². The second-order valence-electron chi connectivity index (χ2n) is 9.43. The Balaban J connectivity index is 1.65. The molecule has 0 radical (unpaired) electrons. The molecule has 1 aromatic heterocycles. The number of carbonyl (C=O) groups is 1. The summed E-state index contributed by atoms with van der Waals surface area (Å²) >= 11 is 0. The van der Waals surface area contributed by atoms with E-state index in [2.05, 4.69) is 10.2 Å². The van der Waals surface area contributed by atoms with E-state index in [-0.39, 0.29) is 23.2 Å². The first-order chi connectivity index (χ1) is 16.7. The average Bonchev–Trinajstić information content (AvgIpc) is 3.48. The number of nitrogens with one attached hydrogen (secondary N) is 1. The van der Waals surface area contributed by atoms with Crippen molar-refractivity contribution in [2.24, 2.45) is 0 Å². The van der Waals surface area contributed by atoms with Gasteiger partial charge >= 0.3 is 0 Å². The van der Waals surface area contributed by atoms with Crippen LogP contribution >= 0.6 is 0 Å². The SMILES string of the molecule is CCCOc1ccc(C2c3c(-c4cc(C)cc(C)c4O)n[nH]c3C(=O)N2C2CCS(=O)(=O)C2)cc1. The molecule has 9 heteroatoms. The van der Waals surface area contributed by atoms with Crippen LogP contribution in [-0.2, 0) is 9.84 Å². The fourth-order valence-electron chi connectivity index (χ4n) is 5.18. The highest BCUT2D eigenvalue weighted by Crippen LogP contribution is 2.47. The first kappa shape index (κ1) is 23.4. The van der Waals surface area contributed by atoms with Crippen LogP contribution in [0.2, 0.25) is 0 Å². The number of hydrogen-bond acceptors (Lipinski definition) is 6. The molecule has 3 heterocycles. The van der Waals surface area contributed by atoms with Crippen LogP contribution in [0.4, 0.5) is 0 Å². The van der Waals surface area contributed by atoms with Gasteiger partial charge in [0.1, 0.15) is 22.9 Å². The van der Waals surface area contributed by atoms with Crippen molar-refractivity contribution in [3.05, 3.63) is 64.3 Å². The minimum atomic E-state index is -3.21. The first-order valence-corrected chi connectivity index (χ1v) is 13.7. The number of benzene rings is 2. The standard InChI is InChI=1S/C26H29N3O5S/c1-4-10-34-19-7-5-17(6-8-19)24-21-22(20-13-15(2)12-16(3)25(20)30)27-28-23(21)26(31)29(24)18-9-11-35(32,33)14-18/h5-8,12-13,18,24,30H,4,9-11,14H2,1-3H3,(H,27,28). The van der Waals surface area contributed by atoms with Crippen molar-refractivity contribution in [1.82, 2.24) is 15.1 Å². The van der Waals surface area contributed by atoms with Crippen LogP contribution in [0.3, 0.4) is 0 Å². The van der Waals surface area contributed by atoms with E-state index >= 15 is 0 Å². The molecule has 1 fully saturated rings. The van der Waals surface area contributed by atoms with Crippen LogP contribution in [-0.4, -0.2) is 58.7 Å². The number of sulfone groups is 1. The first-order valence-electron chi connectivity index (χ1n) is 11.8. The molecule has 184 valence electrons. The number of H-pyrrole nitrogens is 1. The highest BCUT2D eigenvalue weighted by atomic mass is 32.2. The van der Waals surface area contributed by atoms with Gasteiger partial charge in [0.05, 0.1) is 24.2 Å². The number of hydrogen-bond donors (Lipinski definition) is 2. The highest BCUT2D eigenvalue weighted by Gasteiger charge is 2.48. The number of amides is 1. The van der Waals surface area contributed by atoms with Crippen molar-refractivity contribution < 1.29 is 23.1 Å². The number of rotatable bonds is 6. The monoisotopic (exact) mass is 495 g/mol. The van der Waals surface area contributed by atoms with Gasteiger partial charge in [-0.1, -0.05) is 25.1 Å². The van der Waals surface area contributed by atoms with Gasteiger partial charge in [-0.25, -0.2) is 8.42 Å². The molecule has 2 aromatic carbocycles. The lowest BCUT2D eigenvalue weighted by molar-refractivity contribution is 0.0677. The molecular formula is C26H29N3O5S. The third-order valence-corrected chi connectivity index (χ3v) is 8.52. The Kier molecular flexibility index (Phi) is 5.83. The van der Waals surface area contributed by atoms with Crippen molar-refractivity contribution >= 4 is 15.7 Å². The van der Waals surface area contributed by atoms with Crippen LogP contribution < -0.4 is 4.74 Å². The average molecular weight is 496 g/mol. The smallest absolute Gasteiger partial charge is 0.273 e. The van der Waals surface area contributed by atoms with Gasteiger partial charge in [-0.3, -0.25) is 9.89 Å². The summed E-state index contributed by atoms with van der Waals surface area (Å²) in [7, 11) is -3.21. The predicted octanol–water partition coefficient (Wildman–Crippen LogP) is 3.92. The molecule has 35 heavy (non-hydrogen) atoms. The van der Waals surface area contributed by atoms with E-state index in [0.717, 1.165) is 23.3 Å². The molecular weight excluding hydrogens is 466 g/mol. The van der Waals surface area contributed by atoms with Gasteiger partial charge < -0.3 is 14.7 Å². The van der Waals surface area contributed by atoms with Gasteiger partial charge in [-0.15, -0.1) is 0 Å². The van der Waals surface area contributed by atoms with E-state index in [0.29, 0.717) is 41.1 Å². The number of aromatic amines is 1. The Hall–Kier alpha value is -3.33. The number of phenolic OH excluding ortho intramolecular Hbond substituents is 1. The van der Waals surface area contributed by atoms with Crippen molar-refractivity contribution in [3.63, 3.8) is 0 Å².